The van der Waals surface area contributed by atoms with E-state index >= 15 is 0 Å². The van der Waals surface area contributed by atoms with Crippen LogP contribution in [0.2, 0.25) is 10.0 Å². The van der Waals surface area contributed by atoms with Crippen molar-refractivity contribution in [2.24, 2.45) is 5.14 Å². The molecule has 0 radical (unpaired) electrons. The lowest BCUT2D eigenvalue weighted by molar-refractivity contribution is 0.598. The van der Waals surface area contributed by atoms with E-state index in [0.29, 0.717) is 21.4 Å². The van der Waals surface area contributed by atoms with E-state index in [1.54, 1.807) is 18.2 Å². The molecule has 2 rings (SSSR count). The second-order valence-electron chi connectivity index (χ2n) is 4.54. The van der Waals surface area contributed by atoms with Gasteiger partial charge in [0, 0.05) is 16.4 Å². The van der Waals surface area contributed by atoms with Crippen molar-refractivity contribution in [2.75, 3.05) is 11.1 Å². The average Bonchev–Trinajstić information content (AvgIpc) is 2.34. The first-order valence-corrected chi connectivity index (χ1v) is 8.13. The highest BCUT2D eigenvalue weighted by atomic mass is 35.5. The summed E-state index contributed by atoms with van der Waals surface area (Å²) in [6.07, 6.45) is 0. The summed E-state index contributed by atoms with van der Waals surface area (Å²) in [4.78, 5) is -0.0840. The molecule has 0 aliphatic carbocycles. The second-order valence-corrected chi connectivity index (χ2v) is 6.92. The number of primary sulfonamides is 1. The third-order valence-corrected chi connectivity index (χ3v) is 4.40. The van der Waals surface area contributed by atoms with Crippen molar-refractivity contribution in [3.8, 4) is 0 Å². The highest BCUT2D eigenvalue weighted by Gasteiger charge is 2.11. The maximum atomic E-state index is 11.4. The molecule has 2 aromatic rings. The number of nitrogens with one attached hydrogen (secondary N) is 1. The van der Waals surface area contributed by atoms with Gasteiger partial charge in [-0.2, -0.15) is 0 Å². The third-order valence-electron chi connectivity index (χ3n) is 2.78. The number of hydrogen-bond acceptors (Lipinski definition) is 4. The minimum Gasteiger partial charge on any atom is -0.399 e. The molecular weight excluding hydrogens is 333 g/mol. The van der Waals surface area contributed by atoms with E-state index in [0.717, 1.165) is 5.56 Å². The molecule has 2 aromatic carbocycles. The van der Waals surface area contributed by atoms with Crippen LogP contribution in [0.4, 0.5) is 17.1 Å². The molecule has 112 valence electrons. The molecule has 5 nitrogen and oxygen atoms in total. The molecule has 0 unspecified atom stereocenters. The van der Waals surface area contributed by atoms with Crippen LogP contribution in [0.3, 0.4) is 0 Å². The first-order chi connectivity index (χ1) is 9.66. The molecule has 0 bridgehead atoms. The molecule has 0 spiro atoms. The summed E-state index contributed by atoms with van der Waals surface area (Å²) in [5.74, 6) is 0. The fraction of sp³-hybridized carbons (Fsp3) is 0.0769. The summed E-state index contributed by atoms with van der Waals surface area (Å²) in [5, 5.41) is 9.08. The van der Waals surface area contributed by atoms with E-state index < -0.39 is 10.0 Å². The maximum Gasteiger partial charge on any atom is 0.238 e. The predicted molar refractivity (Wildman–Crippen MR) is 86.7 cm³/mol. The Morgan fingerprint density at radius 3 is 2.33 bits per heavy atom. The average molecular weight is 346 g/mol. The Kier molecular flexibility index (Phi) is 4.34. The van der Waals surface area contributed by atoms with Crippen LogP contribution in [-0.2, 0) is 10.0 Å². The van der Waals surface area contributed by atoms with Crippen LogP contribution in [0, 0.1) is 6.92 Å². The van der Waals surface area contributed by atoms with Gasteiger partial charge in [-0.05, 0) is 42.8 Å². The minimum absolute atomic E-state index is 0.0840. The zero-order valence-electron chi connectivity index (χ0n) is 11.0. The summed E-state index contributed by atoms with van der Waals surface area (Å²) in [7, 11) is -3.84. The Morgan fingerprint density at radius 1 is 1.05 bits per heavy atom. The molecule has 0 aromatic heterocycles. The predicted octanol–water partition coefficient (Wildman–Crippen LogP) is 3.28. The standard InChI is InChI=1S/C13H13Cl2N3O2S/c1-7-2-12(15)13(6-11(7)14)18-9-3-8(16)4-10(5-9)21(17,19)20/h2-6,18H,16H2,1H3,(H2,17,19,20). The van der Waals surface area contributed by atoms with Gasteiger partial charge in [0.15, 0.2) is 0 Å². The van der Waals surface area contributed by atoms with Crippen LogP contribution >= 0.6 is 23.2 Å². The number of rotatable bonds is 3. The largest absolute Gasteiger partial charge is 0.399 e. The Labute approximate surface area is 132 Å². The lowest BCUT2D eigenvalue weighted by atomic mass is 10.2. The Bertz CT molecular complexity index is 807. The van der Waals surface area contributed by atoms with Crippen LogP contribution in [-0.4, -0.2) is 8.42 Å². The van der Waals surface area contributed by atoms with E-state index in [1.807, 2.05) is 6.92 Å². The van der Waals surface area contributed by atoms with Crippen molar-refractivity contribution in [2.45, 2.75) is 11.8 Å². The maximum absolute atomic E-state index is 11.4. The summed E-state index contributed by atoms with van der Waals surface area (Å²) in [6, 6.07) is 7.58. The lowest BCUT2D eigenvalue weighted by Gasteiger charge is -2.12. The topological polar surface area (TPSA) is 98.2 Å². The van der Waals surface area contributed by atoms with Crippen LogP contribution in [0.15, 0.2) is 35.2 Å². The highest BCUT2D eigenvalue weighted by Crippen LogP contribution is 2.32. The number of aryl methyl sites for hydroxylation is 1. The molecule has 21 heavy (non-hydrogen) atoms. The zero-order valence-corrected chi connectivity index (χ0v) is 13.4. The molecular formula is C13H13Cl2N3O2S. The zero-order chi connectivity index (χ0) is 15.8. The van der Waals surface area contributed by atoms with E-state index in [2.05, 4.69) is 5.32 Å². The smallest absolute Gasteiger partial charge is 0.238 e. The number of anilines is 3. The lowest BCUT2D eigenvalue weighted by Crippen LogP contribution is -2.12. The Balaban J connectivity index is 2.45. The molecule has 5 N–H and O–H groups in total. The van der Waals surface area contributed by atoms with Gasteiger partial charge in [0.2, 0.25) is 10.0 Å². The monoisotopic (exact) mass is 345 g/mol. The summed E-state index contributed by atoms with van der Waals surface area (Å²) in [5.41, 5.74) is 7.77. The third kappa shape index (κ3) is 3.79. The van der Waals surface area contributed by atoms with Crippen molar-refractivity contribution in [1.82, 2.24) is 0 Å². The summed E-state index contributed by atoms with van der Waals surface area (Å²) in [6.45, 7) is 1.83. The van der Waals surface area contributed by atoms with E-state index in [9.17, 15) is 8.42 Å². The van der Waals surface area contributed by atoms with Gasteiger partial charge in [-0.1, -0.05) is 23.2 Å². The molecule has 0 aliphatic rings. The van der Waals surface area contributed by atoms with E-state index in [1.165, 1.54) is 12.1 Å². The number of nitrogen functional groups attached to an aromatic ring is 1. The highest BCUT2D eigenvalue weighted by molar-refractivity contribution is 7.89. The summed E-state index contributed by atoms with van der Waals surface area (Å²) >= 11 is 12.2. The second kappa shape index (κ2) is 5.73. The van der Waals surface area contributed by atoms with Crippen LogP contribution in [0.1, 0.15) is 5.56 Å². The molecule has 0 saturated carbocycles. The van der Waals surface area contributed by atoms with Crippen molar-refractivity contribution in [1.29, 1.82) is 0 Å². The number of hydrogen-bond donors (Lipinski definition) is 3. The van der Waals surface area contributed by atoms with Crippen molar-refractivity contribution < 1.29 is 8.42 Å². The normalized spacial score (nSPS) is 11.4. The van der Waals surface area contributed by atoms with Crippen molar-refractivity contribution in [3.05, 3.63) is 45.9 Å². The first-order valence-electron chi connectivity index (χ1n) is 5.83. The van der Waals surface area contributed by atoms with E-state index in [4.69, 9.17) is 34.1 Å². The molecule has 0 saturated heterocycles. The fourth-order valence-electron chi connectivity index (χ4n) is 1.76. The molecule has 0 aliphatic heterocycles. The van der Waals surface area contributed by atoms with Gasteiger partial charge >= 0.3 is 0 Å². The minimum atomic E-state index is -3.84. The molecule has 0 amide bonds. The van der Waals surface area contributed by atoms with Gasteiger partial charge < -0.3 is 11.1 Å². The van der Waals surface area contributed by atoms with Gasteiger partial charge in [-0.25, -0.2) is 13.6 Å². The number of nitrogens with two attached hydrogens (primary N) is 2. The molecule has 0 heterocycles. The van der Waals surface area contributed by atoms with Crippen LogP contribution < -0.4 is 16.2 Å². The molecule has 8 heteroatoms. The van der Waals surface area contributed by atoms with E-state index in [-0.39, 0.29) is 10.6 Å². The van der Waals surface area contributed by atoms with Gasteiger partial charge in [0.25, 0.3) is 0 Å². The quantitative estimate of drug-likeness (QED) is 0.743. The van der Waals surface area contributed by atoms with Gasteiger partial charge in [-0.15, -0.1) is 0 Å². The number of sulfonamides is 1. The summed E-state index contributed by atoms with van der Waals surface area (Å²) < 4.78 is 22.8. The van der Waals surface area contributed by atoms with Crippen LogP contribution in [0.25, 0.3) is 0 Å². The Hall–Kier alpha value is -1.47. The van der Waals surface area contributed by atoms with Crippen molar-refractivity contribution >= 4 is 50.3 Å². The number of benzene rings is 2. The molecule has 0 fully saturated rings. The fourth-order valence-corrected chi connectivity index (χ4v) is 2.78. The van der Waals surface area contributed by atoms with Gasteiger partial charge in [0.1, 0.15) is 0 Å². The van der Waals surface area contributed by atoms with Crippen molar-refractivity contribution in [3.63, 3.8) is 0 Å². The molecule has 0 atom stereocenters. The SMILES string of the molecule is Cc1cc(Cl)c(Nc2cc(N)cc(S(N)(=O)=O)c2)cc1Cl. The Morgan fingerprint density at radius 2 is 1.71 bits per heavy atom. The van der Waals surface area contributed by atoms with Gasteiger partial charge in [0.05, 0.1) is 15.6 Å². The first kappa shape index (κ1) is 15.9. The number of halogens is 2. The van der Waals surface area contributed by atoms with Crippen LogP contribution in [0.5, 0.6) is 0 Å². The van der Waals surface area contributed by atoms with Gasteiger partial charge in [-0.3, -0.25) is 0 Å².